The fraction of sp³-hybridized carbons (Fsp3) is 0.417. The third-order valence-electron chi connectivity index (χ3n) is 2.53. The van der Waals surface area contributed by atoms with Crippen LogP contribution in [-0.4, -0.2) is 18.5 Å². The Bertz CT molecular complexity index is 407. The highest BCUT2D eigenvalue weighted by molar-refractivity contribution is 6.35. The molecule has 0 saturated heterocycles. The lowest BCUT2D eigenvalue weighted by Gasteiger charge is -2.16. The van der Waals surface area contributed by atoms with E-state index in [1.807, 2.05) is 13.8 Å². The summed E-state index contributed by atoms with van der Waals surface area (Å²) in [5, 5.41) is 3.60. The van der Waals surface area contributed by atoms with Crippen molar-refractivity contribution >= 4 is 29.1 Å². The highest BCUT2D eigenvalue weighted by atomic mass is 35.5. The van der Waals surface area contributed by atoms with Crippen molar-refractivity contribution in [3.63, 3.8) is 0 Å². The van der Waals surface area contributed by atoms with Gasteiger partial charge in [0.15, 0.2) is 0 Å². The summed E-state index contributed by atoms with van der Waals surface area (Å²) < 4.78 is 0. The van der Waals surface area contributed by atoms with Crippen molar-refractivity contribution in [2.24, 2.45) is 11.7 Å². The summed E-state index contributed by atoms with van der Waals surface area (Å²) >= 11 is 11.7. The van der Waals surface area contributed by atoms with Crippen LogP contribution in [0.15, 0.2) is 18.2 Å². The van der Waals surface area contributed by atoms with E-state index >= 15 is 0 Å². The molecule has 0 aliphatic rings. The summed E-state index contributed by atoms with van der Waals surface area (Å²) in [4.78, 5) is 11.8. The van der Waals surface area contributed by atoms with Gasteiger partial charge in [-0.25, -0.2) is 0 Å². The molecule has 0 spiro atoms. The van der Waals surface area contributed by atoms with E-state index < -0.39 is 0 Å². The van der Waals surface area contributed by atoms with Gasteiger partial charge in [0.1, 0.15) is 0 Å². The van der Waals surface area contributed by atoms with Crippen LogP contribution in [0.5, 0.6) is 0 Å². The minimum atomic E-state index is -0.256. The molecular weight excluding hydrogens is 259 g/mol. The molecule has 0 aromatic heterocycles. The van der Waals surface area contributed by atoms with Gasteiger partial charge < -0.3 is 11.1 Å². The predicted octanol–water partition coefficient (Wildman–Crippen LogP) is 2.71. The summed E-state index contributed by atoms with van der Waals surface area (Å²) in [7, 11) is 0. The van der Waals surface area contributed by atoms with Gasteiger partial charge in [0.25, 0.3) is 5.91 Å². The van der Waals surface area contributed by atoms with Crippen LogP contribution in [0.4, 0.5) is 0 Å². The van der Waals surface area contributed by atoms with Gasteiger partial charge in [-0.3, -0.25) is 4.79 Å². The summed E-state index contributed by atoms with van der Waals surface area (Å²) in [6, 6.07) is 4.71. The molecule has 0 aliphatic heterocycles. The van der Waals surface area contributed by atoms with E-state index in [2.05, 4.69) is 5.32 Å². The smallest absolute Gasteiger partial charge is 0.252 e. The molecule has 0 saturated carbocycles. The van der Waals surface area contributed by atoms with Crippen LogP contribution in [0, 0.1) is 5.92 Å². The first-order valence-electron chi connectivity index (χ1n) is 5.40. The van der Waals surface area contributed by atoms with Crippen LogP contribution in [0.25, 0.3) is 0 Å². The van der Waals surface area contributed by atoms with Gasteiger partial charge in [-0.15, -0.1) is 0 Å². The fourth-order valence-electron chi connectivity index (χ4n) is 1.21. The highest BCUT2D eigenvalue weighted by Gasteiger charge is 2.13. The number of rotatable bonds is 4. The van der Waals surface area contributed by atoms with Crippen molar-refractivity contribution in [3.05, 3.63) is 33.8 Å². The average Bonchev–Trinajstić information content (AvgIpc) is 2.28. The summed E-state index contributed by atoms with van der Waals surface area (Å²) in [5.41, 5.74) is 6.21. The molecule has 5 heteroatoms. The quantitative estimate of drug-likeness (QED) is 0.887. The molecular formula is C12H16Cl2N2O. The molecule has 0 fully saturated rings. The normalized spacial score (nSPS) is 12.6. The third kappa shape index (κ3) is 4.19. The molecule has 1 amide bonds. The molecule has 3 nitrogen and oxygen atoms in total. The Labute approximate surface area is 111 Å². The van der Waals surface area contributed by atoms with E-state index in [0.29, 0.717) is 28.1 Å². The van der Waals surface area contributed by atoms with Crippen LogP contribution in [0.3, 0.4) is 0 Å². The van der Waals surface area contributed by atoms with Crippen LogP contribution in [0.2, 0.25) is 10.0 Å². The molecule has 17 heavy (non-hydrogen) atoms. The van der Waals surface area contributed by atoms with Crippen molar-refractivity contribution in [2.45, 2.75) is 19.9 Å². The maximum Gasteiger partial charge on any atom is 0.252 e. The van der Waals surface area contributed by atoms with Gasteiger partial charge in [-0.1, -0.05) is 37.0 Å². The van der Waals surface area contributed by atoms with Crippen molar-refractivity contribution < 1.29 is 4.79 Å². The maximum absolute atomic E-state index is 11.8. The van der Waals surface area contributed by atoms with Gasteiger partial charge in [-0.05, 0) is 24.1 Å². The van der Waals surface area contributed by atoms with Crippen molar-refractivity contribution in [1.29, 1.82) is 0 Å². The number of amides is 1. The maximum atomic E-state index is 11.8. The molecule has 0 bridgehead atoms. The monoisotopic (exact) mass is 274 g/mol. The standard InChI is InChI=1S/C12H16Cl2N2O/c1-7(2)11(15)6-16-12(17)9-5-8(13)3-4-10(9)14/h3-5,7,11H,6,15H2,1-2H3,(H,16,17). The first kappa shape index (κ1) is 14.3. The number of carbonyl (C=O) groups excluding carboxylic acids is 1. The SMILES string of the molecule is CC(C)C(N)CNC(=O)c1cc(Cl)ccc1Cl. The topological polar surface area (TPSA) is 55.1 Å². The second-order valence-electron chi connectivity index (χ2n) is 4.24. The molecule has 1 aromatic rings. The average molecular weight is 275 g/mol. The molecule has 94 valence electrons. The molecule has 3 N–H and O–H groups in total. The fourth-order valence-corrected chi connectivity index (χ4v) is 1.59. The van der Waals surface area contributed by atoms with Crippen LogP contribution in [-0.2, 0) is 0 Å². The van der Waals surface area contributed by atoms with E-state index in [1.165, 1.54) is 0 Å². The minimum Gasteiger partial charge on any atom is -0.350 e. The van der Waals surface area contributed by atoms with E-state index in [0.717, 1.165) is 0 Å². The van der Waals surface area contributed by atoms with Gasteiger partial charge in [-0.2, -0.15) is 0 Å². The molecule has 0 heterocycles. The molecule has 0 aliphatic carbocycles. The zero-order valence-electron chi connectivity index (χ0n) is 9.84. The molecule has 1 unspecified atom stereocenters. The van der Waals surface area contributed by atoms with E-state index in [-0.39, 0.29) is 11.9 Å². The van der Waals surface area contributed by atoms with Crippen molar-refractivity contribution in [3.8, 4) is 0 Å². The lowest BCUT2D eigenvalue weighted by atomic mass is 10.1. The number of halogens is 2. The summed E-state index contributed by atoms with van der Waals surface area (Å²) in [6.07, 6.45) is 0. The van der Waals surface area contributed by atoms with E-state index in [9.17, 15) is 4.79 Å². The summed E-state index contributed by atoms with van der Waals surface area (Å²) in [5.74, 6) is 0.0544. The van der Waals surface area contributed by atoms with Gasteiger partial charge in [0, 0.05) is 17.6 Å². The number of carbonyl (C=O) groups is 1. The first-order chi connectivity index (χ1) is 7.91. The number of hydrogen-bond donors (Lipinski definition) is 2. The van der Waals surface area contributed by atoms with Crippen molar-refractivity contribution in [1.82, 2.24) is 5.32 Å². The lowest BCUT2D eigenvalue weighted by molar-refractivity contribution is 0.0949. The Morgan fingerprint density at radius 3 is 2.65 bits per heavy atom. The van der Waals surface area contributed by atoms with Gasteiger partial charge in [0.2, 0.25) is 0 Å². The van der Waals surface area contributed by atoms with Crippen LogP contribution in [0.1, 0.15) is 24.2 Å². The van der Waals surface area contributed by atoms with E-state index in [4.69, 9.17) is 28.9 Å². The minimum absolute atomic E-state index is 0.0723. The Hall–Kier alpha value is -0.770. The number of benzene rings is 1. The number of hydrogen-bond acceptors (Lipinski definition) is 2. The zero-order chi connectivity index (χ0) is 13.0. The zero-order valence-corrected chi connectivity index (χ0v) is 11.3. The third-order valence-corrected chi connectivity index (χ3v) is 3.09. The van der Waals surface area contributed by atoms with Gasteiger partial charge in [0.05, 0.1) is 10.6 Å². The molecule has 0 radical (unpaired) electrons. The Morgan fingerprint density at radius 1 is 1.41 bits per heavy atom. The Kier molecular flexibility index (Phi) is 5.25. The second kappa shape index (κ2) is 6.24. The Balaban J connectivity index is 2.67. The molecule has 1 atom stereocenters. The second-order valence-corrected chi connectivity index (χ2v) is 5.09. The number of nitrogens with two attached hydrogens (primary N) is 1. The van der Waals surface area contributed by atoms with Crippen molar-refractivity contribution in [2.75, 3.05) is 6.54 Å². The van der Waals surface area contributed by atoms with Crippen LogP contribution >= 0.6 is 23.2 Å². The largest absolute Gasteiger partial charge is 0.350 e. The molecule has 1 aromatic carbocycles. The van der Waals surface area contributed by atoms with E-state index in [1.54, 1.807) is 18.2 Å². The van der Waals surface area contributed by atoms with Crippen LogP contribution < -0.4 is 11.1 Å². The number of nitrogens with one attached hydrogen (secondary N) is 1. The molecule has 1 rings (SSSR count). The predicted molar refractivity (Wildman–Crippen MR) is 71.6 cm³/mol. The first-order valence-corrected chi connectivity index (χ1v) is 6.16. The van der Waals surface area contributed by atoms with Gasteiger partial charge >= 0.3 is 0 Å². The Morgan fingerprint density at radius 2 is 2.06 bits per heavy atom. The lowest BCUT2D eigenvalue weighted by Crippen LogP contribution is -2.40. The highest BCUT2D eigenvalue weighted by Crippen LogP contribution is 2.20. The summed E-state index contributed by atoms with van der Waals surface area (Å²) in [6.45, 7) is 4.42.